The van der Waals surface area contributed by atoms with Crippen molar-refractivity contribution in [3.05, 3.63) is 107 Å². The molecular formula is C28H38N2+2. The first kappa shape index (κ1) is 22.3. The minimum absolute atomic E-state index is 1.09. The Morgan fingerprint density at radius 1 is 0.433 bits per heavy atom. The lowest BCUT2D eigenvalue weighted by molar-refractivity contribution is -0.671. The molecular weight excluding hydrogens is 364 g/mol. The van der Waals surface area contributed by atoms with Crippen molar-refractivity contribution >= 4 is 0 Å². The van der Waals surface area contributed by atoms with E-state index in [9.17, 15) is 0 Å². The lowest BCUT2D eigenvalue weighted by Gasteiger charge is -2.06. The SMILES string of the molecule is c1ccc(CCCC[NH2+]Cc2cccc(C[NH2+]CCCCc3ccccc3)c2)cc1. The van der Waals surface area contributed by atoms with Crippen LogP contribution in [0.2, 0.25) is 0 Å². The standard InChI is InChI=1S/C28H36N2/c1-3-12-25(13-4-1)16-7-9-20-29-23-27-18-11-19-28(22-27)24-30-21-10-8-17-26-14-5-2-6-15-26/h1-6,11-15,18-19,22,29-30H,7-10,16-17,20-21,23-24H2/p+2. The lowest BCUT2D eigenvalue weighted by atomic mass is 10.1. The van der Waals surface area contributed by atoms with E-state index in [0.717, 1.165) is 13.1 Å². The van der Waals surface area contributed by atoms with E-state index < -0.39 is 0 Å². The second-order valence-electron chi connectivity index (χ2n) is 8.27. The summed E-state index contributed by atoms with van der Waals surface area (Å²) in [6.45, 7) is 4.61. The van der Waals surface area contributed by atoms with Crippen LogP contribution in [0.3, 0.4) is 0 Å². The van der Waals surface area contributed by atoms with Crippen LogP contribution in [-0.2, 0) is 25.9 Å². The molecule has 0 aliphatic rings. The highest BCUT2D eigenvalue weighted by Gasteiger charge is 2.01. The van der Waals surface area contributed by atoms with Crippen LogP contribution in [0, 0.1) is 0 Å². The minimum atomic E-state index is 1.09. The Morgan fingerprint density at radius 3 is 1.33 bits per heavy atom. The van der Waals surface area contributed by atoms with Gasteiger partial charge in [0.2, 0.25) is 0 Å². The number of hydrogen-bond donors (Lipinski definition) is 2. The summed E-state index contributed by atoms with van der Waals surface area (Å²) in [6, 6.07) is 30.8. The first-order chi connectivity index (χ1) is 14.9. The van der Waals surface area contributed by atoms with Gasteiger partial charge < -0.3 is 10.6 Å². The molecule has 2 nitrogen and oxygen atoms in total. The summed E-state index contributed by atoms with van der Waals surface area (Å²) in [5, 5.41) is 4.91. The Bertz CT molecular complexity index is 748. The largest absolute Gasteiger partial charge is 0.343 e. The molecule has 0 atom stereocenters. The van der Waals surface area contributed by atoms with Crippen LogP contribution in [0.15, 0.2) is 84.9 Å². The maximum atomic E-state index is 2.46. The van der Waals surface area contributed by atoms with Gasteiger partial charge in [0.25, 0.3) is 0 Å². The Hall–Kier alpha value is -2.42. The van der Waals surface area contributed by atoms with Gasteiger partial charge in [-0.15, -0.1) is 0 Å². The maximum absolute atomic E-state index is 2.46. The van der Waals surface area contributed by atoms with Crippen LogP contribution >= 0.6 is 0 Å². The summed E-state index contributed by atoms with van der Waals surface area (Å²) < 4.78 is 0. The molecule has 0 fully saturated rings. The Morgan fingerprint density at radius 2 is 0.867 bits per heavy atom. The predicted octanol–water partition coefficient (Wildman–Crippen LogP) is 3.86. The average Bonchev–Trinajstić information content (AvgIpc) is 2.80. The van der Waals surface area contributed by atoms with Gasteiger partial charge in [0.1, 0.15) is 13.1 Å². The molecule has 3 aromatic rings. The summed E-state index contributed by atoms with van der Waals surface area (Å²) in [5.41, 5.74) is 5.82. The van der Waals surface area contributed by atoms with Crippen molar-refractivity contribution in [2.75, 3.05) is 13.1 Å². The van der Waals surface area contributed by atoms with Crippen molar-refractivity contribution in [1.29, 1.82) is 0 Å². The third kappa shape index (κ3) is 8.94. The molecule has 4 N–H and O–H groups in total. The highest BCUT2D eigenvalue weighted by molar-refractivity contribution is 5.22. The van der Waals surface area contributed by atoms with E-state index in [1.54, 1.807) is 0 Å². The average molecular weight is 403 g/mol. The zero-order valence-corrected chi connectivity index (χ0v) is 18.3. The highest BCUT2D eigenvalue weighted by Crippen LogP contribution is 2.05. The van der Waals surface area contributed by atoms with Crippen LogP contribution in [0.1, 0.15) is 47.9 Å². The van der Waals surface area contributed by atoms with E-state index in [4.69, 9.17) is 0 Å². The number of unbranched alkanes of at least 4 members (excludes halogenated alkanes) is 2. The molecule has 3 rings (SSSR count). The first-order valence-corrected chi connectivity index (χ1v) is 11.7. The van der Waals surface area contributed by atoms with Crippen LogP contribution in [0.25, 0.3) is 0 Å². The molecule has 0 aliphatic heterocycles. The Balaban J connectivity index is 1.23. The summed E-state index contributed by atoms with van der Waals surface area (Å²) in [4.78, 5) is 0. The molecule has 3 aromatic carbocycles. The van der Waals surface area contributed by atoms with Crippen molar-refractivity contribution in [3.8, 4) is 0 Å². The van der Waals surface area contributed by atoms with Gasteiger partial charge in [-0.2, -0.15) is 0 Å². The van der Waals surface area contributed by atoms with Crippen LogP contribution in [0.5, 0.6) is 0 Å². The second-order valence-corrected chi connectivity index (χ2v) is 8.27. The molecule has 0 radical (unpaired) electrons. The molecule has 158 valence electrons. The molecule has 2 heteroatoms. The fraction of sp³-hybridized carbons (Fsp3) is 0.357. The fourth-order valence-electron chi connectivity index (χ4n) is 3.95. The third-order valence-electron chi connectivity index (χ3n) is 5.68. The van der Waals surface area contributed by atoms with Gasteiger partial charge in [-0.05, 0) is 55.7 Å². The minimum Gasteiger partial charge on any atom is -0.343 e. The molecule has 0 spiro atoms. The van der Waals surface area contributed by atoms with Gasteiger partial charge in [0.15, 0.2) is 0 Å². The van der Waals surface area contributed by atoms with Crippen molar-refractivity contribution in [3.63, 3.8) is 0 Å². The lowest BCUT2D eigenvalue weighted by Crippen LogP contribution is -2.83. The van der Waals surface area contributed by atoms with E-state index in [1.165, 1.54) is 73.9 Å². The Kier molecular flexibility index (Phi) is 10.2. The van der Waals surface area contributed by atoms with Crippen molar-refractivity contribution in [1.82, 2.24) is 0 Å². The van der Waals surface area contributed by atoms with Crippen molar-refractivity contribution in [2.45, 2.75) is 51.6 Å². The van der Waals surface area contributed by atoms with Crippen LogP contribution < -0.4 is 10.6 Å². The quantitative estimate of drug-likeness (QED) is 0.384. The topological polar surface area (TPSA) is 33.2 Å². The van der Waals surface area contributed by atoms with E-state index in [-0.39, 0.29) is 0 Å². The summed E-state index contributed by atoms with van der Waals surface area (Å²) in [6.07, 6.45) is 7.52. The van der Waals surface area contributed by atoms with Crippen molar-refractivity contribution < 1.29 is 10.6 Å². The van der Waals surface area contributed by atoms with Crippen LogP contribution in [0.4, 0.5) is 0 Å². The number of rotatable bonds is 14. The third-order valence-corrected chi connectivity index (χ3v) is 5.68. The van der Waals surface area contributed by atoms with Gasteiger partial charge in [0.05, 0.1) is 13.1 Å². The molecule has 0 unspecified atom stereocenters. The maximum Gasteiger partial charge on any atom is 0.101 e. The zero-order valence-electron chi connectivity index (χ0n) is 18.3. The molecule has 0 bridgehead atoms. The number of hydrogen-bond acceptors (Lipinski definition) is 0. The van der Waals surface area contributed by atoms with E-state index in [2.05, 4.69) is 95.6 Å². The smallest absolute Gasteiger partial charge is 0.101 e. The predicted molar refractivity (Wildman–Crippen MR) is 126 cm³/mol. The second kappa shape index (κ2) is 13.7. The van der Waals surface area contributed by atoms with E-state index in [1.807, 2.05) is 0 Å². The normalized spacial score (nSPS) is 10.9. The van der Waals surface area contributed by atoms with Gasteiger partial charge in [0, 0.05) is 11.1 Å². The molecule has 0 aromatic heterocycles. The molecule has 0 amide bonds. The van der Waals surface area contributed by atoms with Gasteiger partial charge in [-0.25, -0.2) is 0 Å². The molecule has 0 saturated carbocycles. The molecule has 0 aliphatic carbocycles. The summed E-state index contributed by atoms with van der Waals surface area (Å²) in [7, 11) is 0. The first-order valence-electron chi connectivity index (χ1n) is 11.7. The van der Waals surface area contributed by atoms with Gasteiger partial charge in [-0.1, -0.05) is 78.9 Å². The number of aryl methyl sites for hydroxylation is 2. The molecule has 30 heavy (non-hydrogen) atoms. The number of nitrogens with two attached hydrogens (primary N) is 2. The van der Waals surface area contributed by atoms with Crippen LogP contribution in [-0.4, -0.2) is 13.1 Å². The van der Waals surface area contributed by atoms with Gasteiger partial charge in [-0.3, -0.25) is 0 Å². The van der Waals surface area contributed by atoms with Crippen molar-refractivity contribution in [2.24, 2.45) is 0 Å². The fourth-order valence-corrected chi connectivity index (χ4v) is 3.95. The highest BCUT2D eigenvalue weighted by atomic mass is 14.9. The number of quaternary nitrogens is 2. The summed E-state index contributed by atoms with van der Waals surface area (Å²) >= 11 is 0. The van der Waals surface area contributed by atoms with E-state index >= 15 is 0 Å². The zero-order chi connectivity index (χ0) is 20.7. The summed E-state index contributed by atoms with van der Waals surface area (Å²) in [5.74, 6) is 0. The van der Waals surface area contributed by atoms with E-state index in [0.29, 0.717) is 0 Å². The van der Waals surface area contributed by atoms with Gasteiger partial charge >= 0.3 is 0 Å². The monoisotopic (exact) mass is 402 g/mol. The molecule has 0 heterocycles. The Labute approximate surface area is 182 Å². The number of benzene rings is 3. The molecule has 0 saturated heterocycles.